The van der Waals surface area contributed by atoms with Crippen molar-refractivity contribution in [3.8, 4) is 11.5 Å². The van der Waals surface area contributed by atoms with Gasteiger partial charge < -0.3 is 9.84 Å². The van der Waals surface area contributed by atoms with E-state index in [2.05, 4.69) is 0 Å². The maximum Gasteiger partial charge on any atom is 0.204 e. The van der Waals surface area contributed by atoms with Gasteiger partial charge in [-0.2, -0.15) is 0 Å². The molecule has 0 spiro atoms. The van der Waals surface area contributed by atoms with Gasteiger partial charge in [0.2, 0.25) is 5.78 Å². The van der Waals surface area contributed by atoms with Crippen LogP contribution in [-0.4, -0.2) is 17.5 Å². The Labute approximate surface area is 69.6 Å². The SMILES string of the molecule is Cc1c(O)ccc2c1C(=O)CO2. The lowest BCUT2D eigenvalue weighted by Crippen LogP contribution is -2.00. The minimum atomic E-state index is -0.0570. The van der Waals surface area contributed by atoms with Crippen LogP contribution in [0.15, 0.2) is 12.1 Å². The molecule has 0 saturated carbocycles. The molecule has 1 aliphatic heterocycles. The number of ketones is 1. The Morgan fingerprint density at radius 2 is 2.25 bits per heavy atom. The Kier molecular flexibility index (Phi) is 1.33. The van der Waals surface area contributed by atoms with Gasteiger partial charge >= 0.3 is 0 Å². The highest BCUT2D eigenvalue weighted by atomic mass is 16.5. The van der Waals surface area contributed by atoms with Gasteiger partial charge in [-0.3, -0.25) is 4.79 Å². The third-order valence-corrected chi connectivity index (χ3v) is 2.04. The van der Waals surface area contributed by atoms with Gasteiger partial charge in [-0.05, 0) is 19.1 Å². The molecule has 1 heterocycles. The fraction of sp³-hybridized carbons (Fsp3) is 0.222. The van der Waals surface area contributed by atoms with Crippen LogP contribution in [0.2, 0.25) is 0 Å². The molecule has 1 aliphatic rings. The van der Waals surface area contributed by atoms with E-state index in [-0.39, 0.29) is 18.1 Å². The van der Waals surface area contributed by atoms with Crippen LogP contribution in [0.1, 0.15) is 15.9 Å². The van der Waals surface area contributed by atoms with Crippen molar-refractivity contribution in [1.82, 2.24) is 0 Å². The van der Waals surface area contributed by atoms with Gasteiger partial charge in [0.05, 0.1) is 5.56 Å². The predicted octanol–water partition coefficient (Wildman–Crippen LogP) is 1.28. The average molecular weight is 164 g/mol. The normalized spacial score (nSPS) is 14.2. The zero-order valence-corrected chi connectivity index (χ0v) is 6.63. The minimum absolute atomic E-state index is 0.0570. The molecule has 0 atom stereocenters. The van der Waals surface area contributed by atoms with Crippen LogP contribution in [0.25, 0.3) is 0 Å². The zero-order chi connectivity index (χ0) is 8.72. The Morgan fingerprint density at radius 1 is 1.50 bits per heavy atom. The highest BCUT2D eigenvalue weighted by molar-refractivity contribution is 6.03. The minimum Gasteiger partial charge on any atom is -0.508 e. The van der Waals surface area contributed by atoms with Gasteiger partial charge in [0.15, 0.2) is 6.61 Å². The second kappa shape index (κ2) is 2.24. The van der Waals surface area contributed by atoms with Gasteiger partial charge in [0.25, 0.3) is 0 Å². The van der Waals surface area contributed by atoms with Crippen molar-refractivity contribution in [2.75, 3.05) is 6.61 Å². The first-order chi connectivity index (χ1) is 5.70. The lowest BCUT2D eigenvalue weighted by molar-refractivity contribution is 0.0960. The van der Waals surface area contributed by atoms with Gasteiger partial charge in [0.1, 0.15) is 11.5 Å². The number of hydrogen-bond donors (Lipinski definition) is 1. The lowest BCUT2D eigenvalue weighted by atomic mass is 10.0. The number of fused-ring (bicyclic) bond motifs is 1. The van der Waals surface area contributed by atoms with E-state index in [4.69, 9.17) is 4.74 Å². The number of Topliss-reactive ketones (excluding diaryl/α,β-unsaturated/α-hetero) is 1. The fourth-order valence-corrected chi connectivity index (χ4v) is 1.36. The van der Waals surface area contributed by atoms with Gasteiger partial charge in [-0.15, -0.1) is 0 Å². The number of benzene rings is 1. The smallest absolute Gasteiger partial charge is 0.204 e. The van der Waals surface area contributed by atoms with Gasteiger partial charge in [-0.25, -0.2) is 0 Å². The molecule has 0 amide bonds. The summed E-state index contributed by atoms with van der Waals surface area (Å²) in [5.41, 5.74) is 1.13. The summed E-state index contributed by atoms with van der Waals surface area (Å²) in [5.74, 6) is 0.668. The Hall–Kier alpha value is -1.51. The molecule has 12 heavy (non-hydrogen) atoms. The van der Waals surface area contributed by atoms with Crippen molar-refractivity contribution >= 4 is 5.78 Å². The molecule has 0 bridgehead atoms. The van der Waals surface area contributed by atoms with Crippen LogP contribution in [0.4, 0.5) is 0 Å². The van der Waals surface area contributed by atoms with E-state index in [1.165, 1.54) is 6.07 Å². The van der Waals surface area contributed by atoms with E-state index < -0.39 is 0 Å². The van der Waals surface area contributed by atoms with E-state index >= 15 is 0 Å². The van der Waals surface area contributed by atoms with Crippen LogP contribution in [0.3, 0.4) is 0 Å². The Balaban J connectivity index is 2.71. The molecule has 0 radical (unpaired) electrons. The van der Waals surface area contributed by atoms with Crippen molar-refractivity contribution in [3.63, 3.8) is 0 Å². The van der Waals surface area contributed by atoms with E-state index in [0.717, 1.165) is 0 Å². The molecular formula is C9H8O3. The Bertz CT molecular complexity index is 355. The van der Waals surface area contributed by atoms with Crippen LogP contribution in [-0.2, 0) is 0 Å². The molecule has 1 aromatic rings. The molecule has 1 N–H and O–H groups in total. The molecule has 2 rings (SSSR count). The number of phenolic OH excluding ortho intramolecular Hbond substituents is 1. The summed E-state index contributed by atoms with van der Waals surface area (Å²) in [4.78, 5) is 11.2. The predicted molar refractivity (Wildman–Crippen MR) is 42.7 cm³/mol. The van der Waals surface area contributed by atoms with Gasteiger partial charge in [0, 0.05) is 5.56 Å². The number of ether oxygens (including phenoxy) is 1. The molecule has 0 aliphatic carbocycles. The first-order valence-corrected chi connectivity index (χ1v) is 3.68. The second-order valence-corrected chi connectivity index (χ2v) is 2.79. The summed E-state index contributed by atoms with van der Waals surface area (Å²) in [6.45, 7) is 1.81. The van der Waals surface area contributed by atoms with Crippen LogP contribution in [0.5, 0.6) is 11.5 Å². The molecule has 3 nitrogen and oxygen atoms in total. The van der Waals surface area contributed by atoms with Crippen molar-refractivity contribution < 1.29 is 14.6 Å². The summed E-state index contributed by atoms with van der Waals surface area (Å²) in [5, 5.41) is 9.29. The summed E-state index contributed by atoms with van der Waals surface area (Å²) in [7, 11) is 0. The first-order valence-electron chi connectivity index (χ1n) is 3.68. The molecule has 0 unspecified atom stereocenters. The molecular weight excluding hydrogens is 156 g/mol. The third-order valence-electron chi connectivity index (χ3n) is 2.04. The monoisotopic (exact) mass is 164 g/mol. The number of rotatable bonds is 0. The number of aromatic hydroxyl groups is 1. The summed E-state index contributed by atoms with van der Waals surface area (Å²) in [6, 6.07) is 3.15. The molecule has 62 valence electrons. The topological polar surface area (TPSA) is 46.5 Å². The molecule has 0 saturated heterocycles. The molecule has 3 heteroatoms. The van der Waals surface area contributed by atoms with E-state index in [1.807, 2.05) is 0 Å². The average Bonchev–Trinajstić information content (AvgIpc) is 2.41. The maximum absolute atomic E-state index is 11.2. The standard InChI is InChI=1S/C9H8O3/c1-5-6(10)2-3-8-9(5)7(11)4-12-8/h2-3,10H,4H2,1H3. The largest absolute Gasteiger partial charge is 0.508 e. The first kappa shape index (κ1) is 7.16. The van der Waals surface area contributed by atoms with E-state index in [9.17, 15) is 9.90 Å². The molecule has 0 fully saturated rings. The summed E-state index contributed by atoms with van der Waals surface area (Å²) >= 11 is 0. The van der Waals surface area contributed by atoms with Crippen LogP contribution < -0.4 is 4.74 Å². The van der Waals surface area contributed by atoms with Crippen molar-refractivity contribution in [2.24, 2.45) is 0 Å². The highest BCUT2D eigenvalue weighted by Crippen LogP contribution is 2.32. The fourth-order valence-electron chi connectivity index (χ4n) is 1.36. The lowest BCUT2D eigenvalue weighted by Gasteiger charge is -2.02. The quantitative estimate of drug-likeness (QED) is 0.628. The number of carbonyl (C=O) groups is 1. The van der Waals surface area contributed by atoms with Crippen LogP contribution >= 0.6 is 0 Å². The van der Waals surface area contributed by atoms with Crippen molar-refractivity contribution in [1.29, 1.82) is 0 Å². The molecule has 1 aromatic carbocycles. The summed E-state index contributed by atoms with van der Waals surface area (Å²) < 4.78 is 5.09. The van der Waals surface area contributed by atoms with Crippen molar-refractivity contribution in [3.05, 3.63) is 23.3 Å². The zero-order valence-electron chi connectivity index (χ0n) is 6.63. The Morgan fingerprint density at radius 3 is 3.00 bits per heavy atom. The highest BCUT2D eigenvalue weighted by Gasteiger charge is 2.24. The van der Waals surface area contributed by atoms with E-state index in [1.54, 1.807) is 13.0 Å². The number of phenols is 1. The second-order valence-electron chi connectivity index (χ2n) is 2.79. The van der Waals surface area contributed by atoms with Crippen molar-refractivity contribution in [2.45, 2.75) is 6.92 Å². The van der Waals surface area contributed by atoms with Gasteiger partial charge in [-0.1, -0.05) is 0 Å². The number of carbonyl (C=O) groups excluding carboxylic acids is 1. The molecule has 0 aromatic heterocycles. The maximum atomic E-state index is 11.2. The third kappa shape index (κ3) is 0.794. The summed E-state index contributed by atoms with van der Waals surface area (Å²) in [6.07, 6.45) is 0. The van der Waals surface area contributed by atoms with E-state index in [0.29, 0.717) is 16.9 Å². The van der Waals surface area contributed by atoms with Crippen LogP contribution in [0, 0.1) is 6.92 Å². The number of hydrogen-bond acceptors (Lipinski definition) is 3.